The zero-order valence-corrected chi connectivity index (χ0v) is 6.31. The maximum absolute atomic E-state index is 10.5. The molecule has 1 amide bonds. The fraction of sp³-hybridized carbons (Fsp3) is 0.875. The molecular formula is C8H17NO. The smallest absolute Gasteiger partial charge is 0.217 e. The maximum atomic E-state index is 10.5. The van der Waals surface area contributed by atoms with E-state index in [0.717, 1.165) is 0 Å². The monoisotopic (exact) mass is 143 g/mol. The first-order valence-electron chi connectivity index (χ1n) is 4.07. The van der Waals surface area contributed by atoms with Crippen molar-refractivity contribution < 1.29 is 6.22 Å². The second kappa shape index (κ2) is 3.59. The van der Waals surface area contributed by atoms with Crippen LogP contribution in [0.3, 0.4) is 0 Å². The molecule has 60 valence electrons. The standard InChI is InChI=1S/C8H15NO.H2/c9-8(10)6-7-4-2-1-3-5-7;/h7H,1-6H2,(H2,9,10);1H. The highest BCUT2D eigenvalue weighted by molar-refractivity contribution is 5.73. The van der Waals surface area contributed by atoms with Crippen LogP contribution in [0, 0.1) is 5.92 Å². The van der Waals surface area contributed by atoms with E-state index in [0.29, 0.717) is 12.3 Å². The molecule has 2 nitrogen and oxygen atoms in total. The summed E-state index contributed by atoms with van der Waals surface area (Å²) in [7, 11) is 0. The van der Waals surface area contributed by atoms with Crippen LogP contribution in [0.4, 0.5) is 0 Å². The number of amides is 1. The van der Waals surface area contributed by atoms with Gasteiger partial charge in [0.05, 0.1) is 0 Å². The minimum atomic E-state index is -0.132. The van der Waals surface area contributed by atoms with Crippen molar-refractivity contribution in [2.45, 2.75) is 38.5 Å². The van der Waals surface area contributed by atoms with Crippen LogP contribution in [0.2, 0.25) is 0 Å². The summed E-state index contributed by atoms with van der Waals surface area (Å²) >= 11 is 0. The summed E-state index contributed by atoms with van der Waals surface area (Å²) in [6.07, 6.45) is 6.96. The molecule has 0 radical (unpaired) electrons. The van der Waals surface area contributed by atoms with E-state index in [1.807, 2.05) is 0 Å². The highest BCUT2D eigenvalue weighted by Gasteiger charge is 2.14. The molecule has 0 aromatic rings. The summed E-state index contributed by atoms with van der Waals surface area (Å²) in [6.45, 7) is 0. The third kappa shape index (κ3) is 2.38. The van der Waals surface area contributed by atoms with Crippen LogP contribution in [0.25, 0.3) is 0 Å². The van der Waals surface area contributed by atoms with E-state index in [2.05, 4.69) is 0 Å². The van der Waals surface area contributed by atoms with Gasteiger partial charge in [0, 0.05) is 7.85 Å². The number of nitrogens with two attached hydrogens (primary N) is 1. The van der Waals surface area contributed by atoms with Gasteiger partial charge in [-0.2, -0.15) is 0 Å². The van der Waals surface area contributed by atoms with E-state index < -0.39 is 0 Å². The molecule has 1 aliphatic carbocycles. The Morgan fingerprint density at radius 3 is 2.50 bits per heavy atom. The van der Waals surface area contributed by atoms with Crippen LogP contribution in [0.1, 0.15) is 40.0 Å². The highest BCUT2D eigenvalue weighted by atomic mass is 16.1. The summed E-state index contributed by atoms with van der Waals surface area (Å²) in [4.78, 5) is 10.5. The third-order valence-corrected chi connectivity index (χ3v) is 2.21. The lowest BCUT2D eigenvalue weighted by atomic mass is 9.87. The summed E-state index contributed by atoms with van der Waals surface area (Å²) in [5.74, 6) is 0.471. The van der Waals surface area contributed by atoms with Crippen molar-refractivity contribution in [3.63, 3.8) is 0 Å². The fourth-order valence-electron chi connectivity index (χ4n) is 1.68. The zero-order valence-electron chi connectivity index (χ0n) is 6.31. The first-order chi connectivity index (χ1) is 4.79. The van der Waals surface area contributed by atoms with Crippen molar-refractivity contribution in [2.75, 3.05) is 0 Å². The molecule has 0 aromatic carbocycles. The van der Waals surface area contributed by atoms with E-state index >= 15 is 0 Å². The van der Waals surface area contributed by atoms with Crippen LogP contribution < -0.4 is 5.73 Å². The molecule has 1 rings (SSSR count). The average molecular weight is 143 g/mol. The van der Waals surface area contributed by atoms with E-state index in [9.17, 15) is 4.79 Å². The molecule has 0 heterocycles. The molecule has 0 saturated heterocycles. The largest absolute Gasteiger partial charge is 0.370 e. The van der Waals surface area contributed by atoms with E-state index in [4.69, 9.17) is 5.73 Å². The highest BCUT2D eigenvalue weighted by Crippen LogP contribution is 2.25. The molecule has 0 aromatic heterocycles. The Labute approximate surface area is 63.3 Å². The van der Waals surface area contributed by atoms with E-state index in [1.165, 1.54) is 32.1 Å². The van der Waals surface area contributed by atoms with Crippen molar-refractivity contribution in [1.29, 1.82) is 0 Å². The van der Waals surface area contributed by atoms with Gasteiger partial charge in [0.15, 0.2) is 0 Å². The Morgan fingerprint density at radius 2 is 2.00 bits per heavy atom. The topological polar surface area (TPSA) is 43.1 Å². The van der Waals surface area contributed by atoms with Crippen molar-refractivity contribution in [3.05, 3.63) is 0 Å². The summed E-state index contributed by atoms with van der Waals surface area (Å²) < 4.78 is 0. The Balaban J connectivity index is 0.000001000. The van der Waals surface area contributed by atoms with E-state index in [1.54, 1.807) is 0 Å². The van der Waals surface area contributed by atoms with Crippen LogP contribution in [0.15, 0.2) is 0 Å². The second-order valence-electron chi connectivity index (χ2n) is 3.17. The van der Waals surface area contributed by atoms with Gasteiger partial charge in [-0.15, -0.1) is 0 Å². The van der Waals surface area contributed by atoms with Crippen LogP contribution >= 0.6 is 0 Å². The van der Waals surface area contributed by atoms with Crippen LogP contribution in [-0.4, -0.2) is 5.91 Å². The quantitative estimate of drug-likeness (QED) is 0.628. The minimum absolute atomic E-state index is 0. The van der Waals surface area contributed by atoms with Gasteiger partial charge in [0.2, 0.25) is 5.91 Å². The van der Waals surface area contributed by atoms with Gasteiger partial charge in [0.1, 0.15) is 0 Å². The summed E-state index contributed by atoms with van der Waals surface area (Å²) in [6, 6.07) is 0. The number of rotatable bonds is 2. The van der Waals surface area contributed by atoms with Gasteiger partial charge in [-0.3, -0.25) is 4.79 Å². The van der Waals surface area contributed by atoms with Gasteiger partial charge < -0.3 is 5.73 Å². The molecule has 0 bridgehead atoms. The summed E-state index contributed by atoms with van der Waals surface area (Å²) in [5, 5.41) is 0. The fourth-order valence-corrected chi connectivity index (χ4v) is 1.68. The van der Waals surface area contributed by atoms with Gasteiger partial charge in [-0.25, -0.2) is 0 Å². The predicted molar refractivity (Wildman–Crippen MR) is 42.5 cm³/mol. The first kappa shape index (κ1) is 7.58. The molecule has 0 aliphatic heterocycles. The molecule has 1 aliphatic rings. The van der Waals surface area contributed by atoms with Crippen molar-refractivity contribution in [2.24, 2.45) is 11.7 Å². The Hall–Kier alpha value is -0.530. The molecule has 1 saturated carbocycles. The normalized spacial score (nSPS) is 20.8. The Kier molecular flexibility index (Phi) is 2.72. The maximum Gasteiger partial charge on any atom is 0.217 e. The Bertz CT molecular complexity index is 121. The lowest BCUT2D eigenvalue weighted by molar-refractivity contribution is -0.119. The molecule has 0 spiro atoms. The molecule has 10 heavy (non-hydrogen) atoms. The second-order valence-corrected chi connectivity index (χ2v) is 3.17. The van der Waals surface area contributed by atoms with Crippen molar-refractivity contribution >= 4 is 5.91 Å². The Morgan fingerprint density at radius 1 is 1.40 bits per heavy atom. The SMILES string of the molecule is NC(=O)CC1CCCCC1.[HH]. The molecular weight excluding hydrogens is 126 g/mol. The van der Waals surface area contributed by atoms with Crippen LogP contribution in [-0.2, 0) is 4.79 Å². The van der Waals surface area contributed by atoms with Crippen molar-refractivity contribution in [3.8, 4) is 0 Å². The predicted octanol–water partition coefficient (Wildman–Crippen LogP) is 1.69. The lowest BCUT2D eigenvalue weighted by Crippen LogP contribution is -2.18. The molecule has 1 fully saturated rings. The van der Waals surface area contributed by atoms with Crippen molar-refractivity contribution in [1.82, 2.24) is 0 Å². The van der Waals surface area contributed by atoms with Crippen LogP contribution in [0.5, 0.6) is 0 Å². The summed E-state index contributed by atoms with van der Waals surface area (Å²) in [5.41, 5.74) is 5.08. The zero-order chi connectivity index (χ0) is 7.40. The lowest BCUT2D eigenvalue weighted by Gasteiger charge is -2.19. The number of primary amides is 1. The molecule has 2 N–H and O–H groups in total. The first-order valence-corrected chi connectivity index (χ1v) is 4.07. The van der Waals surface area contributed by atoms with E-state index in [-0.39, 0.29) is 7.33 Å². The number of carbonyl (C=O) groups excluding carboxylic acids is 1. The average Bonchev–Trinajstić information content (AvgIpc) is 1.88. The number of carbonyl (C=O) groups is 1. The third-order valence-electron chi connectivity index (χ3n) is 2.21. The molecule has 0 atom stereocenters. The molecule has 0 unspecified atom stereocenters. The van der Waals surface area contributed by atoms with Gasteiger partial charge in [-0.05, 0) is 18.8 Å². The van der Waals surface area contributed by atoms with Gasteiger partial charge in [-0.1, -0.05) is 19.3 Å². The number of hydrogen-bond acceptors (Lipinski definition) is 1. The van der Waals surface area contributed by atoms with Gasteiger partial charge >= 0.3 is 0 Å². The van der Waals surface area contributed by atoms with Gasteiger partial charge in [0.25, 0.3) is 0 Å². The number of hydrogen-bond donors (Lipinski definition) is 1. The molecule has 2 heteroatoms. The minimum Gasteiger partial charge on any atom is -0.370 e.